The van der Waals surface area contributed by atoms with Crippen LogP contribution in [0.4, 0.5) is 17.6 Å². The molecule has 0 bridgehead atoms. The third-order valence-corrected chi connectivity index (χ3v) is 4.41. The number of hydrogen-bond acceptors (Lipinski definition) is 3. The number of hydrogen-bond donors (Lipinski definition) is 0. The van der Waals surface area contributed by atoms with Crippen molar-refractivity contribution in [2.45, 2.75) is 26.6 Å². The molecule has 0 amide bonds. The molecule has 0 fully saturated rings. The highest BCUT2D eigenvalue weighted by atomic mass is 19.4. The van der Waals surface area contributed by atoms with Gasteiger partial charge in [0, 0.05) is 10.9 Å². The first kappa shape index (κ1) is 20.6. The summed E-state index contributed by atoms with van der Waals surface area (Å²) in [7, 11) is 0. The van der Waals surface area contributed by atoms with E-state index in [9.17, 15) is 22.4 Å². The first-order valence-corrected chi connectivity index (χ1v) is 8.69. The van der Waals surface area contributed by atoms with Crippen molar-refractivity contribution in [3.05, 3.63) is 66.7 Å². The summed E-state index contributed by atoms with van der Waals surface area (Å²) in [5.74, 6) is -3.01. The molecule has 3 aromatic rings. The second-order valence-corrected chi connectivity index (χ2v) is 7.22. The lowest BCUT2D eigenvalue weighted by atomic mass is 9.93. The van der Waals surface area contributed by atoms with Crippen molar-refractivity contribution in [2.24, 2.45) is 5.41 Å². The van der Waals surface area contributed by atoms with Crippen LogP contribution < -0.4 is 0 Å². The maximum absolute atomic E-state index is 13.3. The van der Waals surface area contributed by atoms with E-state index in [1.807, 2.05) is 12.1 Å². The molecule has 0 aliphatic carbocycles. The molecule has 0 unspecified atom stereocenters. The van der Waals surface area contributed by atoms with Gasteiger partial charge in [-0.1, -0.05) is 24.8 Å². The van der Waals surface area contributed by atoms with Crippen molar-refractivity contribution in [1.82, 2.24) is 9.78 Å². The van der Waals surface area contributed by atoms with Gasteiger partial charge in [-0.15, -0.1) is 0 Å². The standard InChI is InChI=1S/C21H18F4N2O2/c1-13(21(23,24)25)29-19(28)20(2,3)12-27-17-7-5-4-6-16(17)18(26-27)14-8-10-15(22)11-9-14/h4-11H,1,12H2,2-3H3. The van der Waals surface area contributed by atoms with Crippen molar-refractivity contribution < 1.29 is 27.1 Å². The lowest BCUT2D eigenvalue weighted by molar-refractivity contribution is -0.168. The van der Waals surface area contributed by atoms with Crippen LogP contribution in [-0.4, -0.2) is 21.9 Å². The molecule has 0 spiro atoms. The molecule has 1 heterocycles. The second kappa shape index (κ2) is 7.35. The summed E-state index contributed by atoms with van der Waals surface area (Å²) < 4.78 is 57.1. The molecule has 0 saturated carbocycles. The number of halogens is 4. The first-order chi connectivity index (χ1) is 13.5. The molecule has 8 heteroatoms. The summed E-state index contributed by atoms with van der Waals surface area (Å²) in [6.07, 6.45) is -4.82. The molecule has 4 nitrogen and oxygen atoms in total. The quantitative estimate of drug-likeness (QED) is 0.320. The number of esters is 1. The van der Waals surface area contributed by atoms with E-state index in [4.69, 9.17) is 0 Å². The minimum Gasteiger partial charge on any atom is -0.422 e. The Balaban J connectivity index is 1.95. The van der Waals surface area contributed by atoms with Gasteiger partial charge in [-0.05, 0) is 44.2 Å². The van der Waals surface area contributed by atoms with E-state index >= 15 is 0 Å². The normalized spacial score (nSPS) is 12.2. The Labute approximate surface area is 164 Å². The third-order valence-electron chi connectivity index (χ3n) is 4.41. The number of aromatic nitrogens is 2. The van der Waals surface area contributed by atoms with Gasteiger partial charge in [0.05, 0.1) is 17.5 Å². The molecule has 0 saturated heterocycles. The van der Waals surface area contributed by atoms with Crippen LogP contribution >= 0.6 is 0 Å². The Hall–Kier alpha value is -3.16. The van der Waals surface area contributed by atoms with Crippen molar-refractivity contribution in [2.75, 3.05) is 0 Å². The van der Waals surface area contributed by atoms with Gasteiger partial charge < -0.3 is 4.74 Å². The lowest BCUT2D eigenvalue weighted by Gasteiger charge is -2.23. The highest BCUT2D eigenvalue weighted by Gasteiger charge is 2.39. The zero-order valence-corrected chi connectivity index (χ0v) is 15.8. The van der Waals surface area contributed by atoms with Crippen LogP contribution in [0.15, 0.2) is 60.9 Å². The van der Waals surface area contributed by atoms with E-state index in [1.165, 1.54) is 30.7 Å². The fourth-order valence-electron chi connectivity index (χ4n) is 2.82. The number of rotatable bonds is 5. The van der Waals surface area contributed by atoms with E-state index < -0.39 is 23.3 Å². The zero-order chi connectivity index (χ0) is 21.4. The van der Waals surface area contributed by atoms with Crippen molar-refractivity contribution in [3.8, 4) is 11.3 Å². The number of para-hydroxylation sites is 1. The summed E-state index contributed by atoms with van der Waals surface area (Å²) in [6, 6.07) is 13.0. The summed E-state index contributed by atoms with van der Waals surface area (Å²) in [6.45, 7) is 5.67. The number of benzene rings is 2. The van der Waals surface area contributed by atoms with Crippen molar-refractivity contribution in [1.29, 1.82) is 0 Å². The van der Waals surface area contributed by atoms with Crippen LogP contribution in [0.2, 0.25) is 0 Å². The molecule has 29 heavy (non-hydrogen) atoms. The average Bonchev–Trinajstić information content (AvgIpc) is 2.99. The summed E-state index contributed by atoms with van der Waals surface area (Å²) >= 11 is 0. The maximum atomic E-state index is 13.3. The summed E-state index contributed by atoms with van der Waals surface area (Å²) in [4.78, 5) is 12.3. The molecule has 3 rings (SSSR count). The van der Waals surface area contributed by atoms with Gasteiger partial charge in [-0.25, -0.2) is 4.39 Å². The molecule has 0 aliphatic rings. The minimum atomic E-state index is -4.82. The Bertz CT molecular complexity index is 1070. The monoisotopic (exact) mass is 406 g/mol. The highest BCUT2D eigenvalue weighted by Crippen LogP contribution is 2.32. The van der Waals surface area contributed by atoms with Crippen LogP contribution in [0.25, 0.3) is 22.2 Å². The number of ether oxygens (including phenoxy) is 1. The lowest BCUT2D eigenvalue weighted by Crippen LogP contribution is -2.33. The molecule has 0 radical (unpaired) electrons. The van der Waals surface area contributed by atoms with Gasteiger partial charge in [-0.2, -0.15) is 18.3 Å². The van der Waals surface area contributed by atoms with Gasteiger partial charge in [0.15, 0.2) is 0 Å². The van der Waals surface area contributed by atoms with E-state index in [0.717, 1.165) is 5.39 Å². The Morgan fingerprint density at radius 2 is 1.72 bits per heavy atom. The first-order valence-electron chi connectivity index (χ1n) is 8.69. The molecule has 1 aromatic heterocycles. The van der Waals surface area contributed by atoms with Crippen LogP contribution in [-0.2, 0) is 16.1 Å². The minimum absolute atomic E-state index is 0.0291. The topological polar surface area (TPSA) is 44.1 Å². The number of nitrogens with zero attached hydrogens (tertiary/aromatic N) is 2. The third kappa shape index (κ3) is 4.31. The second-order valence-electron chi connectivity index (χ2n) is 7.22. The van der Waals surface area contributed by atoms with Crippen molar-refractivity contribution in [3.63, 3.8) is 0 Å². The van der Waals surface area contributed by atoms with E-state index in [1.54, 1.807) is 24.3 Å². The molecular weight excluding hydrogens is 388 g/mol. The summed E-state index contributed by atoms with van der Waals surface area (Å²) in [5, 5.41) is 5.29. The van der Waals surface area contributed by atoms with Crippen LogP contribution in [0.3, 0.4) is 0 Å². The van der Waals surface area contributed by atoms with Gasteiger partial charge in [0.25, 0.3) is 0 Å². The predicted molar refractivity (Wildman–Crippen MR) is 100 cm³/mol. The Kier molecular flexibility index (Phi) is 5.21. The van der Waals surface area contributed by atoms with Gasteiger partial charge >= 0.3 is 12.1 Å². The Morgan fingerprint density at radius 3 is 2.34 bits per heavy atom. The SMILES string of the molecule is C=C(OC(=O)C(C)(C)Cn1nc(-c2ccc(F)cc2)c2ccccc21)C(F)(F)F. The average molecular weight is 406 g/mol. The largest absolute Gasteiger partial charge is 0.449 e. The zero-order valence-electron chi connectivity index (χ0n) is 15.8. The van der Waals surface area contributed by atoms with Gasteiger partial charge in [-0.3, -0.25) is 9.48 Å². The van der Waals surface area contributed by atoms with Crippen LogP contribution in [0.1, 0.15) is 13.8 Å². The maximum Gasteiger partial charge on any atom is 0.449 e. The van der Waals surface area contributed by atoms with Crippen LogP contribution in [0.5, 0.6) is 0 Å². The number of fused-ring (bicyclic) bond motifs is 1. The Morgan fingerprint density at radius 1 is 1.10 bits per heavy atom. The summed E-state index contributed by atoms with van der Waals surface area (Å²) in [5.41, 5.74) is 0.613. The molecular formula is C21H18F4N2O2. The van der Waals surface area contributed by atoms with E-state index in [-0.39, 0.29) is 12.4 Å². The smallest absolute Gasteiger partial charge is 0.422 e. The molecule has 0 N–H and O–H groups in total. The van der Waals surface area contributed by atoms with Gasteiger partial charge in [0.2, 0.25) is 5.76 Å². The molecule has 0 aliphatic heterocycles. The van der Waals surface area contributed by atoms with E-state index in [2.05, 4.69) is 16.4 Å². The van der Waals surface area contributed by atoms with Crippen LogP contribution in [0, 0.1) is 11.2 Å². The van der Waals surface area contributed by atoms with E-state index in [0.29, 0.717) is 16.8 Å². The van der Waals surface area contributed by atoms with Crippen molar-refractivity contribution >= 4 is 16.9 Å². The number of allylic oxidation sites excluding steroid dienone is 1. The fraction of sp³-hybridized carbons (Fsp3) is 0.238. The number of alkyl halides is 3. The number of carbonyl (C=O) groups excluding carboxylic acids is 1. The predicted octanol–water partition coefficient (Wildman–Crippen LogP) is 5.49. The molecule has 0 atom stereocenters. The fourth-order valence-corrected chi connectivity index (χ4v) is 2.82. The van der Waals surface area contributed by atoms with Gasteiger partial charge in [0.1, 0.15) is 11.5 Å². The molecule has 2 aromatic carbocycles. The number of carbonyl (C=O) groups is 1. The molecule has 152 valence electrons. The highest BCUT2D eigenvalue weighted by molar-refractivity contribution is 5.93.